The maximum atomic E-state index is 10.9. The van der Waals surface area contributed by atoms with Crippen LogP contribution in [0.5, 0.6) is 5.88 Å². The van der Waals surface area contributed by atoms with Crippen molar-refractivity contribution in [3.63, 3.8) is 0 Å². The molecule has 0 bridgehead atoms. The second kappa shape index (κ2) is 6.15. The molecule has 0 spiro atoms. The third kappa shape index (κ3) is 3.99. The molecule has 0 saturated carbocycles. The van der Waals surface area contributed by atoms with E-state index in [1.807, 2.05) is 13.8 Å². The van der Waals surface area contributed by atoms with E-state index in [9.17, 15) is 10.1 Å². The number of hydrogen-bond acceptors (Lipinski definition) is 5. The van der Waals surface area contributed by atoms with Crippen LogP contribution in [0.15, 0.2) is 12.3 Å². The molecule has 0 atom stereocenters. The van der Waals surface area contributed by atoms with Crippen molar-refractivity contribution in [3.8, 4) is 5.88 Å². The molecule has 1 heterocycles. The molecule has 0 aliphatic rings. The Morgan fingerprint density at radius 3 is 2.88 bits per heavy atom. The zero-order valence-electron chi connectivity index (χ0n) is 10.3. The molecule has 94 valence electrons. The van der Waals surface area contributed by atoms with Crippen LogP contribution in [0, 0.1) is 17.0 Å². The largest absolute Gasteiger partial charge is 0.471 e. The van der Waals surface area contributed by atoms with Crippen molar-refractivity contribution in [2.24, 2.45) is 0 Å². The van der Waals surface area contributed by atoms with E-state index < -0.39 is 4.92 Å². The Bertz CT molecular complexity index is 394. The molecule has 0 radical (unpaired) electrons. The van der Waals surface area contributed by atoms with E-state index in [0.717, 1.165) is 0 Å². The van der Waals surface area contributed by atoms with Crippen LogP contribution < -0.4 is 10.1 Å². The number of nitro groups is 1. The molecule has 6 heteroatoms. The normalized spacial score (nSPS) is 10.6. The predicted molar refractivity (Wildman–Crippen MR) is 64.3 cm³/mol. The number of pyridine rings is 1. The Morgan fingerprint density at radius 1 is 1.59 bits per heavy atom. The molecule has 17 heavy (non-hydrogen) atoms. The summed E-state index contributed by atoms with van der Waals surface area (Å²) >= 11 is 0. The van der Waals surface area contributed by atoms with Crippen LogP contribution in [-0.2, 0) is 0 Å². The lowest BCUT2D eigenvalue weighted by atomic mass is 10.2. The Hall–Kier alpha value is -1.69. The van der Waals surface area contributed by atoms with Crippen LogP contribution in [0.4, 0.5) is 5.69 Å². The summed E-state index contributed by atoms with van der Waals surface area (Å²) in [7, 11) is 0. The quantitative estimate of drug-likeness (QED) is 0.464. The van der Waals surface area contributed by atoms with Crippen molar-refractivity contribution in [1.82, 2.24) is 10.3 Å². The monoisotopic (exact) mass is 239 g/mol. The standard InChI is InChI=1S/C11H17N3O3/c1-8(2)12-6-7-17-11-10(14(15)16)9(3)4-5-13-11/h4-5,8,12H,6-7H2,1-3H3. The first-order valence-electron chi connectivity index (χ1n) is 5.48. The van der Waals surface area contributed by atoms with Crippen LogP contribution >= 0.6 is 0 Å². The summed E-state index contributed by atoms with van der Waals surface area (Å²) in [4.78, 5) is 14.3. The van der Waals surface area contributed by atoms with Crippen molar-refractivity contribution in [1.29, 1.82) is 0 Å². The Morgan fingerprint density at radius 2 is 2.29 bits per heavy atom. The minimum absolute atomic E-state index is 0.0583. The lowest BCUT2D eigenvalue weighted by Crippen LogP contribution is -2.27. The number of aryl methyl sites for hydroxylation is 1. The van der Waals surface area contributed by atoms with Gasteiger partial charge in [-0.3, -0.25) is 10.1 Å². The lowest BCUT2D eigenvalue weighted by molar-refractivity contribution is -0.386. The fourth-order valence-electron chi connectivity index (χ4n) is 1.35. The van der Waals surface area contributed by atoms with Gasteiger partial charge < -0.3 is 10.1 Å². The molecule has 0 aliphatic carbocycles. The molecule has 1 aromatic rings. The first kappa shape index (κ1) is 13.4. The molecule has 0 aliphatic heterocycles. The van der Waals surface area contributed by atoms with Crippen LogP contribution in [-0.4, -0.2) is 29.1 Å². The number of hydrogen-bond donors (Lipinski definition) is 1. The van der Waals surface area contributed by atoms with Gasteiger partial charge in [0.1, 0.15) is 6.61 Å². The predicted octanol–water partition coefficient (Wildman–Crippen LogP) is 1.68. The van der Waals surface area contributed by atoms with Gasteiger partial charge in [0.05, 0.1) is 4.92 Å². The first-order chi connectivity index (χ1) is 8.02. The van der Waals surface area contributed by atoms with Gasteiger partial charge in [-0.1, -0.05) is 13.8 Å². The Labute approximate surface area is 100 Å². The molecule has 1 N–H and O–H groups in total. The van der Waals surface area contributed by atoms with Gasteiger partial charge in [0.25, 0.3) is 5.88 Å². The average molecular weight is 239 g/mol. The van der Waals surface area contributed by atoms with Gasteiger partial charge >= 0.3 is 5.69 Å². The highest BCUT2D eigenvalue weighted by Gasteiger charge is 2.19. The third-order valence-corrected chi connectivity index (χ3v) is 2.17. The van der Waals surface area contributed by atoms with Gasteiger partial charge in [0.2, 0.25) is 0 Å². The second-order valence-electron chi connectivity index (χ2n) is 4.00. The van der Waals surface area contributed by atoms with Gasteiger partial charge in [-0.15, -0.1) is 0 Å². The molecule has 1 aromatic heterocycles. The van der Waals surface area contributed by atoms with E-state index in [2.05, 4.69) is 10.3 Å². The smallest absolute Gasteiger partial charge is 0.333 e. The molecular formula is C11H17N3O3. The summed E-state index contributed by atoms with van der Waals surface area (Å²) in [6, 6.07) is 1.95. The highest BCUT2D eigenvalue weighted by atomic mass is 16.6. The van der Waals surface area contributed by atoms with Crippen LogP contribution in [0.2, 0.25) is 0 Å². The fraction of sp³-hybridized carbons (Fsp3) is 0.545. The van der Waals surface area contributed by atoms with Crippen LogP contribution in [0.1, 0.15) is 19.4 Å². The zero-order chi connectivity index (χ0) is 12.8. The molecular weight excluding hydrogens is 222 g/mol. The minimum Gasteiger partial charge on any atom is -0.471 e. The molecule has 0 unspecified atom stereocenters. The molecule has 0 amide bonds. The summed E-state index contributed by atoms with van der Waals surface area (Å²) < 4.78 is 5.31. The van der Waals surface area contributed by atoms with Gasteiger partial charge in [-0.05, 0) is 13.0 Å². The summed E-state index contributed by atoms with van der Waals surface area (Å²) in [5, 5.41) is 14.0. The number of nitrogens with one attached hydrogen (secondary N) is 1. The van der Waals surface area contributed by atoms with Gasteiger partial charge in [0.15, 0.2) is 0 Å². The highest BCUT2D eigenvalue weighted by molar-refractivity contribution is 5.47. The molecule has 0 aromatic carbocycles. The van der Waals surface area contributed by atoms with Crippen molar-refractivity contribution < 1.29 is 9.66 Å². The van der Waals surface area contributed by atoms with E-state index in [4.69, 9.17) is 4.74 Å². The maximum Gasteiger partial charge on any atom is 0.333 e. The number of nitrogens with zero attached hydrogens (tertiary/aromatic N) is 2. The molecule has 0 saturated heterocycles. The number of aromatic nitrogens is 1. The Kier molecular flexibility index (Phi) is 4.84. The van der Waals surface area contributed by atoms with E-state index in [0.29, 0.717) is 24.8 Å². The average Bonchev–Trinajstić information content (AvgIpc) is 2.23. The van der Waals surface area contributed by atoms with E-state index in [1.54, 1.807) is 13.0 Å². The van der Waals surface area contributed by atoms with Crippen molar-refractivity contribution in [2.75, 3.05) is 13.2 Å². The van der Waals surface area contributed by atoms with E-state index >= 15 is 0 Å². The zero-order valence-corrected chi connectivity index (χ0v) is 10.3. The van der Waals surface area contributed by atoms with Crippen molar-refractivity contribution in [3.05, 3.63) is 27.9 Å². The van der Waals surface area contributed by atoms with Crippen LogP contribution in [0.3, 0.4) is 0 Å². The molecule has 6 nitrogen and oxygen atoms in total. The molecule has 1 rings (SSSR count). The molecule has 0 fully saturated rings. The summed E-state index contributed by atoms with van der Waals surface area (Å²) in [6.07, 6.45) is 1.51. The van der Waals surface area contributed by atoms with E-state index in [-0.39, 0.29) is 11.6 Å². The van der Waals surface area contributed by atoms with E-state index in [1.165, 1.54) is 6.20 Å². The van der Waals surface area contributed by atoms with Crippen molar-refractivity contribution >= 4 is 5.69 Å². The lowest BCUT2D eigenvalue weighted by Gasteiger charge is -2.09. The minimum atomic E-state index is -0.465. The topological polar surface area (TPSA) is 77.3 Å². The van der Waals surface area contributed by atoms with Gasteiger partial charge in [0, 0.05) is 24.3 Å². The SMILES string of the molecule is Cc1ccnc(OCCNC(C)C)c1[N+](=O)[O-]. The summed E-state index contributed by atoms with van der Waals surface area (Å²) in [6.45, 7) is 6.69. The Balaban J connectivity index is 2.64. The second-order valence-corrected chi connectivity index (χ2v) is 4.00. The van der Waals surface area contributed by atoms with Crippen molar-refractivity contribution in [2.45, 2.75) is 26.8 Å². The maximum absolute atomic E-state index is 10.9. The highest BCUT2D eigenvalue weighted by Crippen LogP contribution is 2.27. The first-order valence-corrected chi connectivity index (χ1v) is 5.48. The number of ether oxygens (including phenoxy) is 1. The summed E-state index contributed by atoms with van der Waals surface area (Å²) in [5.41, 5.74) is 0.494. The summed E-state index contributed by atoms with van der Waals surface area (Å²) in [5.74, 6) is 0.0838. The van der Waals surface area contributed by atoms with Crippen LogP contribution in [0.25, 0.3) is 0 Å². The number of rotatable bonds is 6. The fourth-order valence-corrected chi connectivity index (χ4v) is 1.35. The van der Waals surface area contributed by atoms with Gasteiger partial charge in [-0.25, -0.2) is 4.98 Å². The van der Waals surface area contributed by atoms with Gasteiger partial charge in [-0.2, -0.15) is 0 Å². The third-order valence-electron chi connectivity index (χ3n) is 2.17.